The van der Waals surface area contributed by atoms with E-state index >= 15 is 0 Å². The summed E-state index contributed by atoms with van der Waals surface area (Å²) in [5, 5.41) is 0. The normalized spacial score (nSPS) is 10.8. The zero-order valence-electron chi connectivity index (χ0n) is 7.12. The molecule has 0 saturated carbocycles. The molecule has 0 aromatic carbocycles. The number of ether oxygens (including phenoxy) is 2. The van der Waals surface area contributed by atoms with E-state index in [9.17, 15) is 9.59 Å². The molecule has 0 aliphatic carbocycles. The van der Waals surface area contributed by atoms with Crippen LogP contribution >= 0.6 is 11.8 Å². The van der Waals surface area contributed by atoms with E-state index in [2.05, 4.69) is 9.47 Å². The minimum absolute atomic E-state index is 0.226. The van der Waals surface area contributed by atoms with Crippen molar-refractivity contribution in [3.63, 3.8) is 0 Å². The van der Waals surface area contributed by atoms with Gasteiger partial charge in [-0.3, -0.25) is 0 Å². The first-order valence-corrected chi connectivity index (χ1v) is 4.30. The van der Waals surface area contributed by atoms with Gasteiger partial charge in [0.25, 0.3) is 0 Å². The highest BCUT2D eigenvalue weighted by Gasteiger charge is 2.09. The molecule has 0 saturated heterocycles. The fourth-order valence-corrected chi connectivity index (χ4v) is 0.932. The molecule has 0 amide bonds. The molecule has 0 N–H and O–H groups in total. The molecule has 0 radical (unpaired) electrons. The van der Waals surface area contributed by atoms with Crippen molar-refractivity contribution in [1.29, 1.82) is 0 Å². The summed E-state index contributed by atoms with van der Waals surface area (Å²) in [5.41, 5.74) is 0. The molecule has 0 aromatic heterocycles. The highest BCUT2D eigenvalue weighted by atomic mass is 32.2. The zero-order chi connectivity index (χ0) is 9.56. The average Bonchev–Trinajstić information content (AvgIpc) is 2.12. The molecule has 68 valence electrons. The maximum Gasteiger partial charge on any atom is 0.344 e. The lowest BCUT2D eigenvalue weighted by atomic mass is 10.5. The minimum Gasteiger partial charge on any atom is -0.466 e. The van der Waals surface area contributed by atoms with E-state index in [1.54, 1.807) is 6.26 Å². The number of carbonyl (C=O) groups is 2. The SMILES string of the molecule is COC(=O)/C=C(/SC)C(=O)OC. The monoisotopic (exact) mass is 190 g/mol. The standard InChI is InChI=1S/C7H10O4S/c1-10-6(8)4-5(12-3)7(9)11-2/h4H,1-3H3/b5-4+. The summed E-state index contributed by atoms with van der Waals surface area (Å²) in [6.07, 6.45) is 2.77. The molecular weight excluding hydrogens is 180 g/mol. The van der Waals surface area contributed by atoms with Crippen molar-refractivity contribution in [2.75, 3.05) is 20.5 Å². The van der Waals surface area contributed by atoms with E-state index in [0.29, 0.717) is 0 Å². The molecule has 5 heteroatoms. The highest BCUT2D eigenvalue weighted by molar-refractivity contribution is 8.03. The van der Waals surface area contributed by atoms with Gasteiger partial charge in [-0.1, -0.05) is 0 Å². The van der Waals surface area contributed by atoms with Crippen LogP contribution in [0.3, 0.4) is 0 Å². The van der Waals surface area contributed by atoms with Crippen LogP contribution in [0.4, 0.5) is 0 Å². The molecule has 0 unspecified atom stereocenters. The van der Waals surface area contributed by atoms with Gasteiger partial charge in [0, 0.05) is 6.08 Å². The topological polar surface area (TPSA) is 52.6 Å². The van der Waals surface area contributed by atoms with Crippen LogP contribution in [-0.2, 0) is 19.1 Å². The summed E-state index contributed by atoms with van der Waals surface area (Å²) in [7, 11) is 2.50. The third kappa shape index (κ3) is 3.43. The molecule has 12 heavy (non-hydrogen) atoms. The zero-order valence-corrected chi connectivity index (χ0v) is 7.94. The molecule has 0 atom stereocenters. The fourth-order valence-electron chi connectivity index (χ4n) is 0.468. The molecule has 0 aliphatic heterocycles. The summed E-state index contributed by atoms with van der Waals surface area (Å²) >= 11 is 1.13. The van der Waals surface area contributed by atoms with Crippen molar-refractivity contribution in [2.45, 2.75) is 0 Å². The van der Waals surface area contributed by atoms with Crippen LogP contribution in [0.15, 0.2) is 11.0 Å². The Labute approximate surface area is 74.9 Å². The van der Waals surface area contributed by atoms with Crippen LogP contribution in [0.25, 0.3) is 0 Å². The smallest absolute Gasteiger partial charge is 0.344 e. The van der Waals surface area contributed by atoms with Crippen LogP contribution < -0.4 is 0 Å². The maximum absolute atomic E-state index is 10.9. The Bertz CT molecular complexity index is 209. The number of esters is 2. The van der Waals surface area contributed by atoms with Gasteiger partial charge in [-0.15, -0.1) is 11.8 Å². The Morgan fingerprint density at radius 2 is 1.83 bits per heavy atom. The van der Waals surface area contributed by atoms with Crippen molar-refractivity contribution < 1.29 is 19.1 Å². The van der Waals surface area contributed by atoms with Gasteiger partial charge in [0.15, 0.2) is 0 Å². The van der Waals surface area contributed by atoms with Crippen LogP contribution in [0.2, 0.25) is 0 Å². The van der Waals surface area contributed by atoms with Crippen molar-refractivity contribution in [3.05, 3.63) is 11.0 Å². The van der Waals surface area contributed by atoms with E-state index < -0.39 is 11.9 Å². The summed E-state index contributed by atoms with van der Waals surface area (Å²) < 4.78 is 8.75. The lowest BCUT2D eigenvalue weighted by molar-refractivity contribution is -0.137. The first-order valence-electron chi connectivity index (χ1n) is 3.07. The van der Waals surface area contributed by atoms with Crippen molar-refractivity contribution in [3.8, 4) is 0 Å². The Morgan fingerprint density at radius 1 is 1.25 bits per heavy atom. The van der Waals surface area contributed by atoms with Gasteiger partial charge < -0.3 is 9.47 Å². The number of carbonyl (C=O) groups excluding carboxylic acids is 2. The van der Waals surface area contributed by atoms with Crippen LogP contribution in [0, 0.1) is 0 Å². The summed E-state index contributed by atoms with van der Waals surface area (Å²) in [4.78, 5) is 21.8. The second kappa shape index (κ2) is 5.65. The highest BCUT2D eigenvalue weighted by Crippen LogP contribution is 2.12. The van der Waals surface area contributed by atoms with Crippen LogP contribution in [-0.4, -0.2) is 32.4 Å². The Hall–Kier alpha value is -0.970. The van der Waals surface area contributed by atoms with Gasteiger partial charge in [0.1, 0.15) is 0 Å². The van der Waals surface area contributed by atoms with E-state index in [4.69, 9.17) is 0 Å². The van der Waals surface area contributed by atoms with E-state index in [1.807, 2.05) is 0 Å². The molecule has 4 nitrogen and oxygen atoms in total. The molecule has 0 spiro atoms. The van der Waals surface area contributed by atoms with E-state index in [0.717, 1.165) is 17.8 Å². The van der Waals surface area contributed by atoms with Crippen molar-refractivity contribution >= 4 is 23.7 Å². The molecule has 0 bridgehead atoms. The first kappa shape index (κ1) is 11.0. The number of hydrogen-bond donors (Lipinski definition) is 0. The lowest BCUT2D eigenvalue weighted by Gasteiger charge is -1.99. The van der Waals surface area contributed by atoms with Crippen molar-refractivity contribution in [1.82, 2.24) is 0 Å². The Balaban J connectivity index is 4.43. The molecule has 0 aliphatic rings. The van der Waals surface area contributed by atoms with Crippen molar-refractivity contribution in [2.24, 2.45) is 0 Å². The Kier molecular flexibility index (Phi) is 5.19. The van der Waals surface area contributed by atoms with Gasteiger partial charge in [-0.25, -0.2) is 9.59 Å². The number of hydrogen-bond acceptors (Lipinski definition) is 5. The third-order valence-corrected chi connectivity index (χ3v) is 1.78. The fraction of sp³-hybridized carbons (Fsp3) is 0.429. The van der Waals surface area contributed by atoms with Crippen LogP contribution in [0.1, 0.15) is 0 Å². The quantitative estimate of drug-likeness (QED) is 0.481. The summed E-state index contributed by atoms with van der Waals surface area (Å²) in [6, 6.07) is 0. The van der Waals surface area contributed by atoms with Crippen LogP contribution in [0.5, 0.6) is 0 Å². The second-order valence-electron chi connectivity index (χ2n) is 1.73. The molecular formula is C7H10O4S. The number of methoxy groups -OCH3 is 2. The van der Waals surface area contributed by atoms with Gasteiger partial charge in [0.2, 0.25) is 0 Å². The third-order valence-electron chi connectivity index (χ3n) is 1.06. The summed E-state index contributed by atoms with van der Waals surface area (Å²) in [5.74, 6) is -1.10. The van der Waals surface area contributed by atoms with E-state index in [-0.39, 0.29) is 4.91 Å². The minimum atomic E-state index is -0.565. The predicted octanol–water partition coefficient (Wildman–Crippen LogP) is 0.579. The average molecular weight is 190 g/mol. The maximum atomic E-state index is 10.9. The Morgan fingerprint density at radius 3 is 2.17 bits per heavy atom. The van der Waals surface area contributed by atoms with Gasteiger partial charge in [-0.05, 0) is 6.26 Å². The number of thioether (sulfide) groups is 1. The number of rotatable bonds is 3. The first-order chi connectivity index (χ1) is 5.65. The van der Waals surface area contributed by atoms with E-state index in [1.165, 1.54) is 14.2 Å². The second-order valence-corrected chi connectivity index (χ2v) is 2.58. The lowest BCUT2D eigenvalue weighted by Crippen LogP contribution is -2.05. The largest absolute Gasteiger partial charge is 0.466 e. The molecule has 0 aromatic rings. The van der Waals surface area contributed by atoms with Gasteiger partial charge in [0.05, 0.1) is 19.1 Å². The summed E-state index contributed by atoms with van der Waals surface area (Å²) in [6.45, 7) is 0. The van der Waals surface area contributed by atoms with Gasteiger partial charge >= 0.3 is 11.9 Å². The molecule has 0 rings (SSSR count). The molecule has 0 heterocycles. The predicted molar refractivity (Wildman–Crippen MR) is 45.6 cm³/mol. The molecule has 0 fully saturated rings. The van der Waals surface area contributed by atoms with Gasteiger partial charge in [-0.2, -0.15) is 0 Å².